The molecule has 1 unspecified atom stereocenters. The highest BCUT2D eigenvalue weighted by molar-refractivity contribution is 5.69. The van der Waals surface area contributed by atoms with Crippen molar-refractivity contribution in [2.75, 3.05) is 20.2 Å². The number of carbonyl (C=O) groups excluding carboxylic acids is 1. The number of methoxy groups -OCH3 is 1. The predicted octanol–water partition coefficient (Wildman–Crippen LogP) is 1.47. The van der Waals surface area contributed by atoms with E-state index >= 15 is 0 Å². The van der Waals surface area contributed by atoms with Crippen LogP contribution in [0.1, 0.15) is 44.9 Å². The second-order valence-electron chi connectivity index (χ2n) is 4.93. The molecule has 4 nitrogen and oxygen atoms in total. The topological polar surface area (TPSA) is 58.6 Å². The van der Waals surface area contributed by atoms with E-state index < -0.39 is 6.10 Å². The molecule has 2 N–H and O–H groups in total. The summed E-state index contributed by atoms with van der Waals surface area (Å²) in [6.07, 6.45) is 7.47. The smallest absolute Gasteiger partial charge is 0.308 e. The number of esters is 1. The molecule has 1 rings (SSSR count). The molecule has 17 heavy (non-hydrogen) atoms. The third kappa shape index (κ3) is 6.64. The summed E-state index contributed by atoms with van der Waals surface area (Å²) in [4.78, 5) is 10.9. The third-order valence-corrected chi connectivity index (χ3v) is 3.46. The molecule has 0 saturated heterocycles. The van der Waals surface area contributed by atoms with Crippen LogP contribution in [-0.2, 0) is 9.53 Å². The maximum Gasteiger partial charge on any atom is 0.308 e. The molecule has 1 saturated carbocycles. The van der Waals surface area contributed by atoms with Crippen LogP contribution in [0.5, 0.6) is 0 Å². The van der Waals surface area contributed by atoms with Crippen molar-refractivity contribution >= 4 is 5.97 Å². The highest BCUT2D eigenvalue weighted by Crippen LogP contribution is 2.25. The van der Waals surface area contributed by atoms with Crippen LogP contribution in [0.3, 0.4) is 0 Å². The van der Waals surface area contributed by atoms with Gasteiger partial charge in [0, 0.05) is 6.54 Å². The van der Waals surface area contributed by atoms with E-state index in [4.69, 9.17) is 0 Å². The van der Waals surface area contributed by atoms with E-state index in [1.807, 2.05) is 0 Å². The fraction of sp³-hybridized carbons (Fsp3) is 0.923. The van der Waals surface area contributed by atoms with Crippen molar-refractivity contribution in [3.8, 4) is 0 Å². The average molecular weight is 243 g/mol. The number of rotatable bonds is 7. The van der Waals surface area contributed by atoms with Gasteiger partial charge in [-0.15, -0.1) is 0 Å². The maximum absolute atomic E-state index is 10.9. The van der Waals surface area contributed by atoms with Crippen LogP contribution in [-0.4, -0.2) is 37.4 Å². The summed E-state index contributed by atoms with van der Waals surface area (Å²) in [6.45, 7) is 1.41. The van der Waals surface area contributed by atoms with Crippen LogP contribution in [0.2, 0.25) is 0 Å². The molecule has 0 heterocycles. The van der Waals surface area contributed by atoms with Crippen LogP contribution >= 0.6 is 0 Å². The predicted molar refractivity (Wildman–Crippen MR) is 66.7 cm³/mol. The van der Waals surface area contributed by atoms with E-state index in [2.05, 4.69) is 10.1 Å². The minimum Gasteiger partial charge on any atom is -0.469 e. The number of nitrogens with one attached hydrogen (secondary N) is 1. The summed E-state index contributed by atoms with van der Waals surface area (Å²) in [7, 11) is 1.34. The molecule has 0 amide bonds. The first-order valence-electron chi connectivity index (χ1n) is 6.68. The van der Waals surface area contributed by atoms with E-state index in [0.717, 1.165) is 12.5 Å². The van der Waals surface area contributed by atoms with Gasteiger partial charge in [-0.25, -0.2) is 0 Å². The molecule has 1 aliphatic carbocycles. The fourth-order valence-electron chi connectivity index (χ4n) is 2.40. The average Bonchev–Trinajstić information content (AvgIpc) is 2.36. The number of hydrogen-bond donors (Lipinski definition) is 2. The molecular formula is C13H25NO3. The quantitative estimate of drug-likeness (QED) is 0.525. The van der Waals surface area contributed by atoms with Crippen molar-refractivity contribution in [2.24, 2.45) is 5.92 Å². The summed E-state index contributed by atoms with van der Waals surface area (Å²) in [5.74, 6) is 0.501. The molecule has 1 fully saturated rings. The van der Waals surface area contributed by atoms with E-state index in [9.17, 15) is 9.90 Å². The van der Waals surface area contributed by atoms with Gasteiger partial charge in [-0.2, -0.15) is 0 Å². The summed E-state index contributed by atoms with van der Waals surface area (Å²) >= 11 is 0. The second-order valence-corrected chi connectivity index (χ2v) is 4.93. The van der Waals surface area contributed by atoms with Crippen molar-refractivity contribution in [1.29, 1.82) is 0 Å². The van der Waals surface area contributed by atoms with Gasteiger partial charge in [0.15, 0.2) is 0 Å². The summed E-state index contributed by atoms with van der Waals surface area (Å²) in [6, 6.07) is 0. The molecule has 0 radical (unpaired) electrons. The third-order valence-electron chi connectivity index (χ3n) is 3.46. The Labute approximate surface area is 104 Å². The van der Waals surface area contributed by atoms with Gasteiger partial charge in [-0.3, -0.25) is 4.79 Å². The monoisotopic (exact) mass is 243 g/mol. The zero-order chi connectivity index (χ0) is 12.5. The lowest BCUT2D eigenvalue weighted by atomic mass is 9.87. The van der Waals surface area contributed by atoms with Gasteiger partial charge < -0.3 is 15.2 Å². The van der Waals surface area contributed by atoms with Crippen molar-refractivity contribution in [2.45, 2.75) is 51.0 Å². The Kier molecular flexibility index (Phi) is 7.21. The molecule has 0 aromatic carbocycles. The zero-order valence-electron chi connectivity index (χ0n) is 10.8. The lowest BCUT2D eigenvalue weighted by Crippen LogP contribution is -2.30. The normalized spacial score (nSPS) is 18.9. The molecular weight excluding hydrogens is 218 g/mol. The lowest BCUT2D eigenvalue weighted by Gasteiger charge is -2.21. The van der Waals surface area contributed by atoms with Crippen molar-refractivity contribution in [3.63, 3.8) is 0 Å². The first-order chi connectivity index (χ1) is 8.22. The Bertz CT molecular complexity index is 215. The Morgan fingerprint density at radius 3 is 2.76 bits per heavy atom. The maximum atomic E-state index is 10.9. The Morgan fingerprint density at radius 2 is 2.12 bits per heavy atom. The van der Waals surface area contributed by atoms with E-state index in [0.29, 0.717) is 6.54 Å². The van der Waals surface area contributed by atoms with E-state index in [1.54, 1.807) is 0 Å². The second kappa shape index (κ2) is 8.48. The highest BCUT2D eigenvalue weighted by Gasteiger charge is 2.13. The molecule has 0 aliphatic heterocycles. The largest absolute Gasteiger partial charge is 0.469 e. The van der Waals surface area contributed by atoms with Gasteiger partial charge in [0.1, 0.15) is 0 Å². The van der Waals surface area contributed by atoms with Crippen molar-refractivity contribution in [1.82, 2.24) is 5.32 Å². The minimum atomic E-state index is -0.631. The van der Waals surface area contributed by atoms with Gasteiger partial charge in [-0.05, 0) is 18.9 Å². The zero-order valence-corrected chi connectivity index (χ0v) is 10.8. The fourth-order valence-corrected chi connectivity index (χ4v) is 2.40. The van der Waals surface area contributed by atoms with Crippen LogP contribution in [0, 0.1) is 5.92 Å². The summed E-state index contributed by atoms with van der Waals surface area (Å²) < 4.78 is 4.50. The summed E-state index contributed by atoms with van der Waals surface area (Å²) in [5.41, 5.74) is 0. The van der Waals surface area contributed by atoms with Crippen LogP contribution in [0.4, 0.5) is 0 Å². The number of aliphatic hydroxyl groups is 1. The Morgan fingerprint density at radius 1 is 1.41 bits per heavy atom. The number of ether oxygens (including phenoxy) is 1. The van der Waals surface area contributed by atoms with Gasteiger partial charge >= 0.3 is 5.97 Å². The van der Waals surface area contributed by atoms with Gasteiger partial charge in [-0.1, -0.05) is 32.1 Å². The lowest BCUT2D eigenvalue weighted by molar-refractivity contribution is -0.142. The van der Waals surface area contributed by atoms with Crippen LogP contribution in [0.25, 0.3) is 0 Å². The molecule has 4 heteroatoms. The van der Waals surface area contributed by atoms with E-state index in [1.165, 1.54) is 45.6 Å². The molecule has 0 aromatic heterocycles. The van der Waals surface area contributed by atoms with Gasteiger partial charge in [0.25, 0.3) is 0 Å². The highest BCUT2D eigenvalue weighted by atomic mass is 16.5. The van der Waals surface area contributed by atoms with Crippen LogP contribution < -0.4 is 5.32 Å². The molecule has 0 aromatic rings. The van der Waals surface area contributed by atoms with E-state index in [-0.39, 0.29) is 12.4 Å². The van der Waals surface area contributed by atoms with Crippen molar-refractivity contribution in [3.05, 3.63) is 0 Å². The first-order valence-corrected chi connectivity index (χ1v) is 6.68. The number of hydrogen-bond acceptors (Lipinski definition) is 4. The van der Waals surface area contributed by atoms with Gasteiger partial charge in [0.2, 0.25) is 0 Å². The number of aliphatic hydroxyl groups excluding tert-OH is 1. The molecule has 0 bridgehead atoms. The van der Waals surface area contributed by atoms with Crippen molar-refractivity contribution < 1.29 is 14.6 Å². The Hall–Kier alpha value is -0.610. The standard InChI is InChI=1S/C13H25NO3/c1-17-13(16)9-12(15)10-14-8-7-11-5-3-2-4-6-11/h11-12,14-15H,2-10H2,1H3. The van der Waals surface area contributed by atoms with Gasteiger partial charge in [0.05, 0.1) is 19.6 Å². The number of carbonyl (C=O) groups is 1. The molecule has 100 valence electrons. The SMILES string of the molecule is COC(=O)CC(O)CNCCC1CCCCC1. The molecule has 1 atom stereocenters. The Balaban J connectivity index is 1.97. The molecule has 0 spiro atoms. The summed E-state index contributed by atoms with van der Waals surface area (Å²) in [5, 5.41) is 12.7. The minimum absolute atomic E-state index is 0.0763. The van der Waals surface area contributed by atoms with Crippen LogP contribution in [0.15, 0.2) is 0 Å². The molecule has 1 aliphatic rings. The first kappa shape index (κ1) is 14.5.